The van der Waals surface area contributed by atoms with Crippen LogP contribution in [0, 0.1) is 0 Å². The number of hydrogen-bond donors (Lipinski definition) is 0. The Morgan fingerprint density at radius 3 is 2.44 bits per heavy atom. The zero-order valence-corrected chi connectivity index (χ0v) is 10.4. The Labute approximate surface area is 107 Å². The molecule has 0 atom stereocenters. The molecule has 84 valence electrons. The van der Waals surface area contributed by atoms with Crippen molar-refractivity contribution >= 4 is 34.8 Å². The summed E-state index contributed by atoms with van der Waals surface area (Å²) >= 11 is 17.3. The maximum Gasteiger partial charge on any atom is 0.231 e. The van der Waals surface area contributed by atoms with Gasteiger partial charge in [0, 0.05) is 0 Å². The molecule has 6 heteroatoms. The van der Waals surface area contributed by atoms with Gasteiger partial charge in [-0.25, -0.2) is 0 Å². The standard InChI is InChI=1S/C10H7Cl3N2O/c11-5-10-15-14-9(16-10)4-6-1-2-7(12)8(13)3-6/h1-3H,4-5H2. The van der Waals surface area contributed by atoms with Gasteiger partial charge in [0.2, 0.25) is 11.8 Å². The summed E-state index contributed by atoms with van der Waals surface area (Å²) in [5.41, 5.74) is 0.958. The summed E-state index contributed by atoms with van der Waals surface area (Å²) in [4.78, 5) is 0. The zero-order valence-electron chi connectivity index (χ0n) is 8.08. The van der Waals surface area contributed by atoms with E-state index in [4.69, 9.17) is 39.2 Å². The summed E-state index contributed by atoms with van der Waals surface area (Å²) in [7, 11) is 0. The van der Waals surface area contributed by atoms with Crippen molar-refractivity contribution in [2.75, 3.05) is 0 Å². The minimum Gasteiger partial charge on any atom is -0.424 e. The summed E-state index contributed by atoms with van der Waals surface area (Å²) in [5, 5.41) is 8.66. The third-order valence-corrected chi connectivity index (χ3v) is 2.93. The first-order valence-electron chi connectivity index (χ1n) is 4.50. The van der Waals surface area contributed by atoms with Crippen molar-refractivity contribution in [2.24, 2.45) is 0 Å². The molecule has 2 rings (SSSR count). The lowest BCUT2D eigenvalue weighted by atomic mass is 10.1. The highest BCUT2D eigenvalue weighted by atomic mass is 35.5. The third kappa shape index (κ3) is 2.67. The Hall–Kier alpha value is -0.770. The molecule has 0 saturated heterocycles. The number of benzene rings is 1. The highest BCUT2D eigenvalue weighted by Gasteiger charge is 2.07. The van der Waals surface area contributed by atoms with Gasteiger partial charge >= 0.3 is 0 Å². The maximum absolute atomic E-state index is 5.89. The molecule has 1 aromatic heterocycles. The van der Waals surface area contributed by atoms with E-state index in [9.17, 15) is 0 Å². The fourth-order valence-electron chi connectivity index (χ4n) is 1.24. The van der Waals surface area contributed by atoms with Crippen LogP contribution < -0.4 is 0 Å². The Kier molecular flexibility index (Phi) is 3.69. The summed E-state index contributed by atoms with van der Waals surface area (Å²) in [5.74, 6) is 1.14. The van der Waals surface area contributed by atoms with Crippen LogP contribution in [0.3, 0.4) is 0 Å². The highest BCUT2D eigenvalue weighted by Crippen LogP contribution is 2.23. The van der Waals surface area contributed by atoms with Crippen LogP contribution in [-0.4, -0.2) is 10.2 Å². The summed E-state index contributed by atoms with van der Waals surface area (Å²) < 4.78 is 5.28. The smallest absolute Gasteiger partial charge is 0.231 e. The van der Waals surface area contributed by atoms with Gasteiger partial charge in [-0.05, 0) is 17.7 Å². The van der Waals surface area contributed by atoms with Gasteiger partial charge in [0.1, 0.15) is 5.88 Å². The lowest BCUT2D eigenvalue weighted by molar-refractivity contribution is 0.473. The fraction of sp³-hybridized carbons (Fsp3) is 0.200. The van der Waals surface area contributed by atoms with Crippen LogP contribution in [-0.2, 0) is 12.3 Å². The van der Waals surface area contributed by atoms with E-state index < -0.39 is 0 Å². The molecule has 0 spiro atoms. The molecule has 3 nitrogen and oxygen atoms in total. The summed E-state index contributed by atoms with van der Waals surface area (Å²) in [6.07, 6.45) is 0.515. The lowest BCUT2D eigenvalue weighted by Crippen LogP contribution is -1.88. The number of nitrogens with zero attached hydrogens (tertiary/aromatic N) is 2. The minimum absolute atomic E-state index is 0.217. The van der Waals surface area contributed by atoms with Gasteiger partial charge in [0.15, 0.2) is 0 Å². The minimum atomic E-state index is 0.217. The molecular formula is C10H7Cl3N2O. The highest BCUT2D eigenvalue weighted by molar-refractivity contribution is 6.42. The van der Waals surface area contributed by atoms with E-state index in [1.807, 2.05) is 6.07 Å². The van der Waals surface area contributed by atoms with Crippen molar-refractivity contribution in [1.29, 1.82) is 0 Å². The number of rotatable bonds is 3. The number of hydrogen-bond acceptors (Lipinski definition) is 3. The van der Waals surface area contributed by atoms with E-state index in [0.717, 1.165) is 5.56 Å². The maximum atomic E-state index is 5.89. The molecule has 1 aromatic carbocycles. The van der Waals surface area contributed by atoms with Gasteiger partial charge in [0.05, 0.1) is 16.5 Å². The van der Waals surface area contributed by atoms with E-state index in [-0.39, 0.29) is 5.88 Å². The van der Waals surface area contributed by atoms with Crippen LogP contribution in [0.25, 0.3) is 0 Å². The zero-order chi connectivity index (χ0) is 11.5. The Morgan fingerprint density at radius 1 is 1.06 bits per heavy atom. The van der Waals surface area contributed by atoms with Gasteiger partial charge in [-0.15, -0.1) is 21.8 Å². The van der Waals surface area contributed by atoms with Crippen molar-refractivity contribution in [3.63, 3.8) is 0 Å². The van der Waals surface area contributed by atoms with Gasteiger partial charge in [-0.1, -0.05) is 29.3 Å². The van der Waals surface area contributed by atoms with Crippen molar-refractivity contribution in [2.45, 2.75) is 12.3 Å². The van der Waals surface area contributed by atoms with Crippen molar-refractivity contribution in [1.82, 2.24) is 10.2 Å². The first-order valence-corrected chi connectivity index (χ1v) is 5.79. The van der Waals surface area contributed by atoms with Gasteiger partial charge in [0.25, 0.3) is 0 Å². The molecule has 0 unspecified atom stereocenters. The molecule has 0 amide bonds. The van der Waals surface area contributed by atoms with Crippen molar-refractivity contribution < 1.29 is 4.42 Å². The topological polar surface area (TPSA) is 38.9 Å². The van der Waals surface area contributed by atoms with E-state index in [0.29, 0.717) is 28.2 Å². The van der Waals surface area contributed by atoms with E-state index >= 15 is 0 Å². The molecule has 0 bridgehead atoms. The summed E-state index contributed by atoms with van der Waals surface area (Å²) in [6.45, 7) is 0. The molecule has 0 aliphatic rings. The van der Waals surface area contributed by atoms with E-state index in [1.165, 1.54) is 0 Å². The van der Waals surface area contributed by atoms with Crippen LogP contribution in [0.4, 0.5) is 0 Å². The average Bonchev–Trinajstić information content (AvgIpc) is 2.71. The lowest BCUT2D eigenvalue weighted by Gasteiger charge is -1.99. The Balaban J connectivity index is 2.17. The second-order valence-corrected chi connectivity index (χ2v) is 4.23. The molecule has 0 radical (unpaired) electrons. The second kappa shape index (κ2) is 5.04. The van der Waals surface area contributed by atoms with Gasteiger partial charge in [-0.3, -0.25) is 0 Å². The predicted octanol–water partition coefficient (Wildman–Crippen LogP) is 3.71. The molecule has 0 aliphatic heterocycles. The third-order valence-electron chi connectivity index (χ3n) is 1.96. The quantitative estimate of drug-likeness (QED) is 0.803. The average molecular weight is 278 g/mol. The molecule has 0 fully saturated rings. The van der Waals surface area contributed by atoms with Crippen LogP contribution in [0.2, 0.25) is 10.0 Å². The SMILES string of the molecule is ClCc1nnc(Cc2ccc(Cl)c(Cl)c2)o1. The van der Waals surface area contributed by atoms with Gasteiger partial charge in [-0.2, -0.15) is 0 Å². The molecule has 2 aromatic rings. The summed E-state index contributed by atoms with van der Waals surface area (Å²) in [6, 6.07) is 5.37. The Bertz CT molecular complexity index is 499. The van der Waals surface area contributed by atoms with Crippen LogP contribution in [0.5, 0.6) is 0 Å². The monoisotopic (exact) mass is 276 g/mol. The van der Waals surface area contributed by atoms with E-state index in [2.05, 4.69) is 10.2 Å². The molecule has 0 saturated carbocycles. The van der Waals surface area contributed by atoms with Crippen LogP contribution in [0.1, 0.15) is 17.3 Å². The van der Waals surface area contributed by atoms with Crippen molar-refractivity contribution in [3.8, 4) is 0 Å². The van der Waals surface area contributed by atoms with Gasteiger partial charge < -0.3 is 4.42 Å². The molecule has 16 heavy (non-hydrogen) atoms. The molecule has 0 aliphatic carbocycles. The molecule has 0 N–H and O–H groups in total. The largest absolute Gasteiger partial charge is 0.424 e. The van der Waals surface area contributed by atoms with Crippen LogP contribution in [0.15, 0.2) is 22.6 Å². The van der Waals surface area contributed by atoms with Crippen LogP contribution >= 0.6 is 34.8 Å². The predicted molar refractivity (Wildman–Crippen MR) is 63.1 cm³/mol. The normalized spacial score (nSPS) is 10.7. The van der Waals surface area contributed by atoms with Crippen molar-refractivity contribution in [3.05, 3.63) is 45.6 Å². The molecule has 1 heterocycles. The fourth-order valence-corrected chi connectivity index (χ4v) is 1.67. The second-order valence-electron chi connectivity index (χ2n) is 3.15. The number of halogens is 3. The molecular weight excluding hydrogens is 270 g/mol. The number of aromatic nitrogens is 2. The first kappa shape index (κ1) is 11.7. The Morgan fingerprint density at radius 2 is 1.81 bits per heavy atom. The first-order chi connectivity index (χ1) is 7.69. The number of alkyl halides is 1. The van der Waals surface area contributed by atoms with E-state index in [1.54, 1.807) is 12.1 Å².